The fourth-order valence-electron chi connectivity index (χ4n) is 2.97. The minimum absolute atomic E-state index is 0. The summed E-state index contributed by atoms with van der Waals surface area (Å²) in [5.74, 6) is 2.56. The summed E-state index contributed by atoms with van der Waals surface area (Å²) in [5.41, 5.74) is 1.27. The average Bonchev–Trinajstić information content (AvgIpc) is 3.03. The Morgan fingerprint density at radius 2 is 1.96 bits per heavy atom. The first-order valence-corrected chi connectivity index (χ1v) is 10.7. The first-order chi connectivity index (χ1) is 13.0. The standard InChI is InChI=1S/C20H32N6S.HI/c1-16(2)14-26-18(23-24-20(26)27-5)12-9-13-22-19(21-3)25(4)15-17-10-7-6-8-11-17;/h6-8,10-11,16H,9,12-15H2,1-5H3,(H,21,22);1H. The monoisotopic (exact) mass is 516 g/mol. The van der Waals surface area contributed by atoms with Crippen LogP contribution in [0, 0.1) is 5.92 Å². The van der Waals surface area contributed by atoms with Crippen LogP contribution in [0.1, 0.15) is 31.7 Å². The number of halogens is 1. The van der Waals surface area contributed by atoms with Gasteiger partial charge >= 0.3 is 0 Å². The number of benzene rings is 1. The normalized spacial score (nSPS) is 11.4. The Morgan fingerprint density at radius 1 is 1.25 bits per heavy atom. The van der Waals surface area contributed by atoms with Gasteiger partial charge in [-0.3, -0.25) is 4.99 Å². The van der Waals surface area contributed by atoms with Gasteiger partial charge in [-0.25, -0.2) is 0 Å². The molecule has 0 spiro atoms. The molecule has 1 aromatic carbocycles. The summed E-state index contributed by atoms with van der Waals surface area (Å²) in [6, 6.07) is 10.4. The van der Waals surface area contributed by atoms with E-state index in [9.17, 15) is 0 Å². The molecule has 0 aliphatic heterocycles. The molecule has 8 heteroatoms. The maximum atomic E-state index is 4.40. The summed E-state index contributed by atoms with van der Waals surface area (Å²) in [5, 5.41) is 13.2. The lowest BCUT2D eigenvalue weighted by Crippen LogP contribution is -2.39. The second kappa shape index (κ2) is 13.0. The molecule has 28 heavy (non-hydrogen) atoms. The predicted molar refractivity (Wildman–Crippen MR) is 130 cm³/mol. The van der Waals surface area contributed by atoms with Gasteiger partial charge in [-0.05, 0) is 24.2 Å². The molecule has 156 valence electrons. The minimum atomic E-state index is 0. The van der Waals surface area contributed by atoms with Crippen LogP contribution in [0.4, 0.5) is 0 Å². The van der Waals surface area contributed by atoms with E-state index >= 15 is 0 Å². The number of thioether (sulfide) groups is 1. The number of hydrogen-bond donors (Lipinski definition) is 1. The number of guanidine groups is 1. The third-order valence-corrected chi connectivity index (χ3v) is 4.89. The van der Waals surface area contributed by atoms with Crippen molar-refractivity contribution in [2.45, 2.75) is 44.9 Å². The Balaban J connectivity index is 0.00000392. The average molecular weight is 516 g/mol. The van der Waals surface area contributed by atoms with Crippen molar-refractivity contribution in [1.29, 1.82) is 0 Å². The van der Waals surface area contributed by atoms with Crippen molar-refractivity contribution in [3.8, 4) is 0 Å². The van der Waals surface area contributed by atoms with Gasteiger partial charge in [-0.15, -0.1) is 34.2 Å². The largest absolute Gasteiger partial charge is 0.356 e. The zero-order valence-electron chi connectivity index (χ0n) is 17.6. The second-order valence-electron chi connectivity index (χ2n) is 7.03. The smallest absolute Gasteiger partial charge is 0.193 e. The third kappa shape index (κ3) is 7.62. The van der Waals surface area contributed by atoms with Crippen molar-refractivity contribution in [1.82, 2.24) is 25.0 Å². The fourth-order valence-corrected chi connectivity index (χ4v) is 3.49. The summed E-state index contributed by atoms with van der Waals surface area (Å²) < 4.78 is 2.26. The highest BCUT2D eigenvalue weighted by Gasteiger charge is 2.12. The van der Waals surface area contributed by atoms with Gasteiger partial charge in [0, 0.05) is 40.2 Å². The van der Waals surface area contributed by atoms with Crippen molar-refractivity contribution in [3.63, 3.8) is 0 Å². The quantitative estimate of drug-likeness (QED) is 0.180. The van der Waals surface area contributed by atoms with Crippen molar-refractivity contribution >= 4 is 41.7 Å². The van der Waals surface area contributed by atoms with Gasteiger partial charge in [0.1, 0.15) is 5.82 Å². The lowest BCUT2D eigenvalue weighted by atomic mass is 10.2. The number of aliphatic imine (C=N–C) groups is 1. The van der Waals surface area contributed by atoms with Crippen LogP contribution in [-0.4, -0.2) is 52.5 Å². The fraction of sp³-hybridized carbons (Fsp3) is 0.550. The molecule has 0 saturated heterocycles. The van der Waals surface area contributed by atoms with Crippen LogP contribution in [0.3, 0.4) is 0 Å². The van der Waals surface area contributed by atoms with Crippen molar-refractivity contribution in [3.05, 3.63) is 41.7 Å². The summed E-state index contributed by atoms with van der Waals surface area (Å²) in [4.78, 5) is 6.54. The van der Waals surface area contributed by atoms with E-state index in [0.717, 1.165) is 49.4 Å². The summed E-state index contributed by atoms with van der Waals surface area (Å²) in [6.07, 6.45) is 3.95. The maximum absolute atomic E-state index is 4.40. The van der Waals surface area contributed by atoms with Crippen LogP contribution in [0.25, 0.3) is 0 Å². The Labute approximate surface area is 190 Å². The molecule has 0 unspecified atom stereocenters. The molecular formula is C20H33IN6S. The Hall–Kier alpha value is -1.29. The van der Waals surface area contributed by atoms with Crippen LogP contribution in [0.15, 0.2) is 40.5 Å². The third-order valence-electron chi connectivity index (χ3n) is 4.22. The molecule has 0 aliphatic carbocycles. The van der Waals surface area contributed by atoms with Crippen LogP contribution in [-0.2, 0) is 19.5 Å². The highest BCUT2D eigenvalue weighted by atomic mass is 127. The molecule has 2 aromatic rings. The molecule has 0 fully saturated rings. The molecule has 2 rings (SSSR count). The maximum Gasteiger partial charge on any atom is 0.193 e. The second-order valence-corrected chi connectivity index (χ2v) is 7.80. The summed E-state index contributed by atoms with van der Waals surface area (Å²) in [7, 11) is 3.89. The Morgan fingerprint density at radius 3 is 2.57 bits per heavy atom. The number of aromatic nitrogens is 3. The SMILES string of the molecule is CN=C(NCCCc1nnc(SC)n1CC(C)C)N(C)Cc1ccccc1.I. The van der Waals surface area contributed by atoms with Gasteiger partial charge in [-0.2, -0.15) is 0 Å². The number of rotatable bonds is 9. The van der Waals surface area contributed by atoms with Gasteiger partial charge < -0.3 is 14.8 Å². The molecule has 1 heterocycles. The van der Waals surface area contributed by atoms with Gasteiger partial charge in [-0.1, -0.05) is 55.9 Å². The Bertz CT molecular complexity index is 717. The van der Waals surface area contributed by atoms with E-state index in [1.54, 1.807) is 11.8 Å². The molecule has 0 bridgehead atoms. The van der Waals surface area contributed by atoms with E-state index in [0.29, 0.717) is 5.92 Å². The van der Waals surface area contributed by atoms with Gasteiger partial charge in [0.25, 0.3) is 0 Å². The molecule has 0 amide bonds. The summed E-state index contributed by atoms with van der Waals surface area (Å²) in [6.45, 7) is 7.10. The number of nitrogens with zero attached hydrogens (tertiary/aromatic N) is 5. The molecule has 1 N–H and O–H groups in total. The van der Waals surface area contributed by atoms with E-state index in [4.69, 9.17) is 0 Å². The topological polar surface area (TPSA) is 58.3 Å². The van der Waals surface area contributed by atoms with Crippen molar-refractivity contribution in [2.24, 2.45) is 10.9 Å². The molecule has 6 nitrogen and oxygen atoms in total. The zero-order chi connectivity index (χ0) is 19.6. The predicted octanol–water partition coefficient (Wildman–Crippen LogP) is 3.91. The highest BCUT2D eigenvalue weighted by molar-refractivity contribution is 14.0. The molecule has 0 aliphatic rings. The van der Waals surface area contributed by atoms with Gasteiger partial charge in [0.05, 0.1) is 0 Å². The van der Waals surface area contributed by atoms with Gasteiger partial charge in [0.15, 0.2) is 11.1 Å². The molecule has 0 radical (unpaired) electrons. The first kappa shape index (κ1) is 24.7. The zero-order valence-corrected chi connectivity index (χ0v) is 20.7. The number of nitrogens with one attached hydrogen (secondary N) is 1. The Kier molecular flexibility index (Phi) is 11.5. The minimum Gasteiger partial charge on any atom is -0.356 e. The van der Waals surface area contributed by atoms with Gasteiger partial charge in [0.2, 0.25) is 0 Å². The first-order valence-electron chi connectivity index (χ1n) is 9.47. The van der Waals surface area contributed by atoms with Crippen LogP contribution in [0.2, 0.25) is 0 Å². The van der Waals surface area contributed by atoms with Crippen molar-refractivity contribution < 1.29 is 0 Å². The number of hydrogen-bond acceptors (Lipinski definition) is 4. The molecule has 0 atom stereocenters. The van der Waals surface area contributed by atoms with E-state index < -0.39 is 0 Å². The van der Waals surface area contributed by atoms with E-state index in [2.05, 4.69) is 81.4 Å². The van der Waals surface area contributed by atoms with Crippen LogP contribution in [0.5, 0.6) is 0 Å². The van der Waals surface area contributed by atoms with E-state index in [1.165, 1.54) is 5.56 Å². The van der Waals surface area contributed by atoms with E-state index in [-0.39, 0.29) is 24.0 Å². The van der Waals surface area contributed by atoms with E-state index in [1.807, 2.05) is 13.1 Å². The van der Waals surface area contributed by atoms with Crippen LogP contribution < -0.4 is 5.32 Å². The highest BCUT2D eigenvalue weighted by Crippen LogP contribution is 2.16. The lowest BCUT2D eigenvalue weighted by molar-refractivity contribution is 0.469. The lowest BCUT2D eigenvalue weighted by Gasteiger charge is -2.22. The van der Waals surface area contributed by atoms with Crippen molar-refractivity contribution in [2.75, 3.05) is 26.9 Å². The molecule has 0 saturated carbocycles. The summed E-state index contributed by atoms with van der Waals surface area (Å²) >= 11 is 1.66. The number of aryl methyl sites for hydroxylation is 1. The molecule has 1 aromatic heterocycles. The molecular weight excluding hydrogens is 483 g/mol. The van der Waals surface area contributed by atoms with Crippen LogP contribution >= 0.6 is 35.7 Å².